The van der Waals surface area contributed by atoms with E-state index in [1.54, 1.807) is 24.7 Å². The predicted octanol–water partition coefficient (Wildman–Crippen LogP) is 3.17. The molecule has 0 saturated carbocycles. The van der Waals surface area contributed by atoms with Crippen LogP contribution in [0.4, 0.5) is 9.52 Å². The molecular formula is C16H15FN4OS2. The number of rotatable bonds is 6. The number of benzene rings is 1. The minimum Gasteiger partial charge on any atom is -0.309 e. The standard InChI is InChI=1S/C16H15FN4OS2/c1-18-13(6-12-7-23-9-19-12)15(22)21-16-20-14(8-24-16)10-2-4-11(17)5-3-10/h2-5,7-9,13,18H,6H2,1H3,(H,20,21,22). The molecule has 2 heterocycles. The molecule has 1 aromatic carbocycles. The van der Waals surface area contributed by atoms with Gasteiger partial charge in [-0.3, -0.25) is 4.79 Å². The van der Waals surface area contributed by atoms with Crippen molar-refractivity contribution in [2.75, 3.05) is 12.4 Å². The van der Waals surface area contributed by atoms with Crippen molar-refractivity contribution in [3.8, 4) is 11.3 Å². The second kappa shape index (κ2) is 7.61. The van der Waals surface area contributed by atoms with Gasteiger partial charge in [0.2, 0.25) is 5.91 Å². The smallest absolute Gasteiger partial charge is 0.243 e. The number of thiazole rings is 2. The first-order chi connectivity index (χ1) is 11.7. The molecule has 2 aromatic heterocycles. The summed E-state index contributed by atoms with van der Waals surface area (Å²) >= 11 is 2.84. The molecule has 2 N–H and O–H groups in total. The van der Waals surface area contributed by atoms with Crippen LogP contribution in [0.5, 0.6) is 0 Å². The normalized spacial score (nSPS) is 12.1. The van der Waals surface area contributed by atoms with Crippen molar-refractivity contribution in [3.63, 3.8) is 0 Å². The number of carbonyl (C=O) groups excluding carboxylic acids is 1. The number of anilines is 1. The lowest BCUT2D eigenvalue weighted by Gasteiger charge is -2.13. The Morgan fingerprint density at radius 2 is 2.08 bits per heavy atom. The molecule has 3 aromatic rings. The third kappa shape index (κ3) is 4.02. The molecule has 1 amide bonds. The van der Waals surface area contributed by atoms with Crippen LogP contribution in [0.2, 0.25) is 0 Å². The third-order valence-corrected chi connectivity index (χ3v) is 4.83. The van der Waals surface area contributed by atoms with Crippen molar-refractivity contribution < 1.29 is 9.18 Å². The number of aromatic nitrogens is 2. The fourth-order valence-corrected chi connectivity index (χ4v) is 3.44. The summed E-state index contributed by atoms with van der Waals surface area (Å²) in [7, 11) is 1.74. The quantitative estimate of drug-likeness (QED) is 0.707. The summed E-state index contributed by atoms with van der Waals surface area (Å²) in [4.78, 5) is 21.0. The highest BCUT2D eigenvalue weighted by atomic mass is 32.1. The molecule has 8 heteroatoms. The molecule has 0 spiro atoms. The van der Waals surface area contributed by atoms with Gasteiger partial charge in [-0.1, -0.05) is 0 Å². The van der Waals surface area contributed by atoms with Gasteiger partial charge in [-0.05, 0) is 31.3 Å². The van der Waals surface area contributed by atoms with Crippen LogP contribution < -0.4 is 10.6 Å². The zero-order valence-electron chi connectivity index (χ0n) is 12.8. The first-order valence-electron chi connectivity index (χ1n) is 7.22. The van der Waals surface area contributed by atoms with E-state index in [1.807, 2.05) is 10.8 Å². The number of nitrogens with one attached hydrogen (secondary N) is 2. The average molecular weight is 362 g/mol. The molecule has 24 heavy (non-hydrogen) atoms. The maximum Gasteiger partial charge on any atom is 0.243 e. The summed E-state index contributed by atoms with van der Waals surface area (Å²) < 4.78 is 13.0. The van der Waals surface area contributed by atoms with Gasteiger partial charge >= 0.3 is 0 Å². The zero-order valence-corrected chi connectivity index (χ0v) is 14.5. The van der Waals surface area contributed by atoms with Gasteiger partial charge in [0, 0.05) is 22.7 Å². The Labute approximate surface area is 146 Å². The van der Waals surface area contributed by atoms with Crippen molar-refractivity contribution in [1.82, 2.24) is 15.3 Å². The molecular weight excluding hydrogens is 347 g/mol. The lowest BCUT2D eigenvalue weighted by atomic mass is 10.1. The molecule has 1 unspecified atom stereocenters. The maximum atomic E-state index is 13.0. The second-order valence-electron chi connectivity index (χ2n) is 5.06. The van der Waals surface area contributed by atoms with E-state index in [0.29, 0.717) is 17.2 Å². The van der Waals surface area contributed by atoms with Gasteiger partial charge in [-0.2, -0.15) is 0 Å². The fraction of sp³-hybridized carbons (Fsp3) is 0.188. The number of hydrogen-bond acceptors (Lipinski definition) is 6. The Bertz CT molecular complexity index is 802. The lowest BCUT2D eigenvalue weighted by Crippen LogP contribution is -2.40. The summed E-state index contributed by atoms with van der Waals surface area (Å²) in [5.41, 5.74) is 4.13. The first kappa shape index (κ1) is 16.7. The van der Waals surface area contributed by atoms with Crippen LogP contribution in [0, 0.1) is 5.82 Å². The lowest BCUT2D eigenvalue weighted by molar-refractivity contribution is -0.118. The molecule has 0 fully saturated rings. The van der Waals surface area contributed by atoms with Gasteiger partial charge in [0.25, 0.3) is 0 Å². The van der Waals surface area contributed by atoms with Gasteiger partial charge in [0.15, 0.2) is 5.13 Å². The van der Waals surface area contributed by atoms with Crippen molar-refractivity contribution >= 4 is 33.7 Å². The molecule has 5 nitrogen and oxygen atoms in total. The first-order valence-corrected chi connectivity index (χ1v) is 9.04. The molecule has 3 rings (SSSR count). The van der Waals surface area contributed by atoms with Gasteiger partial charge in [-0.15, -0.1) is 22.7 Å². The number of amides is 1. The van der Waals surface area contributed by atoms with Crippen LogP contribution in [0.3, 0.4) is 0 Å². The van der Waals surface area contributed by atoms with Crippen molar-refractivity contribution in [2.45, 2.75) is 12.5 Å². The van der Waals surface area contributed by atoms with Crippen LogP contribution in [0.15, 0.2) is 40.5 Å². The Balaban J connectivity index is 1.67. The van der Waals surface area contributed by atoms with E-state index >= 15 is 0 Å². The Morgan fingerprint density at radius 3 is 2.75 bits per heavy atom. The maximum absolute atomic E-state index is 13.0. The van der Waals surface area contributed by atoms with E-state index in [4.69, 9.17) is 0 Å². The summed E-state index contributed by atoms with van der Waals surface area (Å²) in [5.74, 6) is -0.452. The summed E-state index contributed by atoms with van der Waals surface area (Å²) in [6.45, 7) is 0. The summed E-state index contributed by atoms with van der Waals surface area (Å²) in [6.07, 6.45) is 0.516. The predicted molar refractivity (Wildman–Crippen MR) is 94.8 cm³/mol. The van der Waals surface area contributed by atoms with Gasteiger partial charge in [-0.25, -0.2) is 14.4 Å². The van der Waals surface area contributed by atoms with Gasteiger partial charge in [0.05, 0.1) is 22.9 Å². The van der Waals surface area contributed by atoms with Crippen LogP contribution in [-0.2, 0) is 11.2 Å². The van der Waals surface area contributed by atoms with E-state index in [9.17, 15) is 9.18 Å². The Kier molecular flexibility index (Phi) is 5.29. The number of hydrogen-bond donors (Lipinski definition) is 2. The molecule has 0 aliphatic heterocycles. The van der Waals surface area contributed by atoms with Crippen molar-refractivity contribution in [1.29, 1.82) is 0 Å². The minimum atomic E-state index is -0.384. The van der Waals surface area contributed by atoms with E-state index in [0.717, 1.165) is 11.3 Å². The molecule has 0 radical (unpaired) electrons. The van der Waals surface area contributed by atoms with E-state index in [1.165, 1.54) is 34.8 Å². The van der Waals surface area contributed by atoms with E-state index < -0.39 is 0 Å². The van der Waals surface area contributed by atoms with Crippen LogP contribution in [0.25, 0.3) is 11.3 Å². The Hall–Kier alpha value is -2.16. The van der Waals surface area contributed by atoms with Crippen molar-refractivity contribution in [3.05, 3.63) is 52.0 Å². The number of carbonyl (C=O) groups is 1. The summed E-state index contributed by atoms with van der Waals surface area (Å²) in [6, 6.07) is 5.71. The topological polar surface area (TPSA) is 66.9 Å². The van der Waals surface area contributed by atoms with Crippen molar-refractivity contribution in [2.24, 2.45) is 0 Å². The van der Waals surface area contributed by atoms with E-state index in [2.05, 4.69) is 20.6 Å². The molecule has 0 saturated heterocycles. The third-order valence-electron chi connectivity index (χ3n) is 3.44. The fourth-order valence-electron chi connectivity index (χ4n) is 2.15. The molecule has 0 bridgehead atoms. The molecule has 1 atom stereocenters. The monoisotopic (exact) mass is 362 g/mol. The van der Waals surface area contributed by atoms with Gasteiger partial charge < -0.3 is 10.6 Å². The highest BCUT2D eigenvalue weighted by Gasteiger charge is 2.19. The van der Waals surface area contributed by atoms with E-state index in [-0.39, 0.29) is 17.8 Å². The number of nitrogens with zero attached hydrogens (tertiary/aromatic N) is 2. The SMILES string of the molecule is CNC(Cc1cscn1)C(=O)Nc1nc(-c2ccc(F)cc2)cs1. The minimum absolute atomic E-state index is 0.162. The average Bonchev–Trinajstić information content (AvgIpc) is 3.25. The zero-order chi connectivity index (χ0) is 16.9. The number of halogens is 1. The summed E-state index contributed by atoms with van der Waals surface area (Å²) in [5, 5.41) is 10.1. The second-order valence-corrected chi connectivity index (χ2v) is 6.64. The number of likely N-dealkylation sites (N-methyl/N-ethyl adjacent to an activating group) is 1. The molecule has 124 valence electrons. The largest absolute Gasteiger partial charge is 0.309 e. The molecule has 0 aliphatic carbocycles. The van der Waals surface area contributed by atoms with Crippen LogP contribution in [0.1, 0.15) is 5.69 Å². The highest BCUT2D eigenvalue weighted by molar-refractivity contribution is 7.14. The highest BCUT2D eigenvalue weighted by Crippen LogP contribution is 2.25. The van der Waals surface area contributed by atoms with Crippen LogP contribution >= 0.6 is 22.7 Å². The molecule has 0 aliphatic rings. The van der Waals surface area contributed by atoms with Gasteiger partial charge in [0.1, 0.15) is 5.82 Å². The Morgan fingerprint density at radius 1 is 1.29 bits per heavy atom. The van der Waals surface area contributed by atoms with Crippen LogP contribution in [-0.4, -0.2) is 29.0 Å².